The second-order valence-corrected chi connectivity index (χ2v) is 10.2. The van der Waals surface area contributed by atoms with Crippen LogP contribution in [-0.2, 0) is 9.59 Å². The molecule has 3 heterocycles. The lowest BCUT2D eigenvalue weighted by Gasteiger charge is -2.36. The number of carbonyl (C=O) groups is 2. The second-order valence-electron chi connectivity index (χ2n) is 10.2. The van der Waals surface area contributed by atoms with Gasteiger partial charge in [-0.25, -0.2) is 4.98 Å². The number of hydrogen-bond donors (Lipinski definition) is 1. The van der Waals surface area contributed by atoms with Crippen molar-refractivity contribution in [3.05, 3.63) is 54.1 Å². The van der Waals surface area contributed by atoms with Gasteiger partial charge in [0.15, 0.2) is 0 Å². The van der Waals surface area contributed by atoms with Crippen molar-refractivity contribution in [2.75, 3.05) is 61.5 Å². The Bertz CT molecular complexity index is 1280. The van der Waals surface area contributed by atoms with Gasteiger partial charge in [0.25, 0.3) is 0 Å². The average molecular weight is 516 g/mol. The van der Waals surface area contributed by atoms with Gasteiger partial charge < -0.3 is 24.8 Å². The van der Waals surface area contributed by atoms with Crippen molar-refractivity contribution in [3.8, 4) is 5.75 Å². The fourth-order valence-corrected chi connectivity index (χ4v) is 5.35. The number of methoxy groups -OCH3 is 1. The van der Waals surface area contributed by atoms with Crippen LogP contribution >= 0.6 is 0 Å². The summed E-state index contributed by atoms with van der Waals surface area (Å²) in [5, 5.41) is 4.01. The molecule has 2 amide bonds. The first-order valence-corrected chi connectivity index (χ1v) is 13.6. The lowest BCUT2D eigenvalue weighted by Crippen LogP contribution is -2.48. The number of ether oxygens (including phenoxy) is 1. The number of nitrogens with zero attached hydrogens (tertiary/aromatic N) is 4. The molecule has 2 aliphatic rings. The number of piperidine rings is 1. The van der Waals surface area contributed by atoms with Gasteiger partial charge in [-0.05, 0) is 80.3 Å². The Labute approximate surface area is 224 Å². The summed E-state index contributed by atoms with van der Waals surface area (Å²) in [6.45, 7) is 7.07. The van der Waals surface area contributed by atoms with E-state index in [1.807, 2.05) is 47.4 Å². The number of aromatic nitrogens is 1. The molecule has 0 spiro atoms. The molecular formula is C30H37N5O3. The Balaban J connectivity index is 1.11. The molecule has 2 fully saturated rings. The SMILES string of the molecule is COc1ccc(N2CCN(C(=O)CCC(=O)Nc3ccc4nc(N5CCCCC5)cc(C)c4c3)CC2)cc1. The predicted molar refractivity (Wildman–Crippen MR) is 152 cm³/mol. The molecule has 8 nitrogen and oxygen atoms in total. The summed E-state index contributed by atoms with van der Waals surface area (Å²) in [4.78, 5) is 36.8. The third kappa shape index (κ3) is 6.01. The molecular weight excluding hydrogens is 478 g/mol. The molecule has 2 saturated heterocycles. The molecule has 2 aliphatic heterocycles. The van der Waals surface area contributed by atoms with E-state index in [1.54, 1.807) is 7.11 Å². The van der Waals surface area contributed by atoms with Gasteiger partial charge in [0.1, 0.15) is 11.6 Å². The number of benzene rings is 2. The number of pyridine rings is 1. The molecule has 3 aromatic rings. The van der Waals surface area contributed by atoms with Crippen LogP contribution in [0.3, 0.4) is 0 Å². The maximum absolute atomic E-state index is 12.8. The topological polar surface area (TPSA) is 78.0 Å². The van der Waals surface area contributed by atoms with Crippen LogP contribution < -0.4 is 19.9 Å². The zero-order valence-electron chi connectivity index (χ0n) is 22.4. The highest BCUT2D eigenvalue weighted by molar-refractivity contribution is 5.96. The van der Waals surface area contributed by atoms with Crippen molar-refractivity contribution < 1.29 is 14.3 Å². The van der Waals surface area contributed by atoms with Crippen molar-refractivity contribution in [3.63, 3.8) is 0 Å². The van der Waals surface area contributed by atoms with Gasteiger partial charge in [0.2, 0.25) is 11.8 Å². The minimum Gasteiger partial charge on any atom is -0.497 e. The minimum atomic E-state index is -0.148. The lowest BCUT2D eigenvalue weighted by atomic mass is 10.1. The summed E-state index contributed by atoms with van der Waals surface area (Å²) in [7, 11) is 1.66. The van der Waals surface area contributed by atoms with Crippen LogP contribution in [0.1, 0.15) is 37.7 Å². The molecule has 5 rings (SSSR count). The third-order valence-corrected chi connectivity index (χ3v) is 7.60. The van der Waals surface area contributed by atoms with Gasteiger partial charge >= 0.3 is 0 Å². The molecule has 200 valence electrons. The normalized spacial score (nSPS) is 16.0. The highest BCUT2D eigenvalue weighted by Crippen LogP contribution is 2.27. The first-order valence-electron chi connectivity index (χ1n) is 13.6. The molecule has 2 aromatic carbocycles. The number of piperazine rings is 1. The van der Waals surface area contributed by atoms with Crippen molar-refractivity contribution >= 4 is 39.9 Å². The largest absolute Gasteiger partial charge is 0.497 e. The van der Waals surface area contributed by atoms with E-state index in [-0.39, 0.29) is 24.7 Å². The Morgan fingerprint density at radius 2 is 1.61 bits per heavy atom. The van der Waals surface area contributed by atoms with Crippen LogP contribution in [0.25, 0.3) is 10.9 Å². The Kier molecular flexibility index (Phi) is 7.96. The standard InChI is InChI=1S/C30H37N5O3/c1-22-20-28(34-14-4-3-5-15-34)32-27-11-6-23(21-26(22)27)31-29(36)12-13-30(37)35-18-16-33(17-19-35)24-7-9-25(38-2)10-8-24/h6-11,20-21H,3-5,12-19H2,1-2H3,(H,31,36). The van der Waals surface area contributed by atoms with Gasteiger partial charge in [0, 0.05) is 68.9 Å². The Hall–Kier alpha value is -3.81. The van der Waals surface area contributed by atoms with Crippen molar-refractivity contribution in [1.29, 1.82) is 0 Å². The number of nitrogens with one attached hydrogen (secondary N) is 1. The quantitative estimate of drug-likeness (QED) is 0.495. The van der Waals surface area contributed by atoms with Gasteiger partial charge in [-0.2, -0.15) is 0 Å². The number of fused-ring (bicyclic) bond motifs is 1. The summed E-state index contributed by atoms with van der Waals surface area (Å²) >= 11 is 0. The molecule has 1 N–H and O–H groups in total. The number of carbonyl (C=O) groups excluding carboxylic acids is 2. The molecule has 0 radical (unpaired) electrons. The zero-order valence-corrected chi connectivity index (χ0v) is 22.4. The van der Waals surface area contributed by atoms with Crippen LogP contribution in [0.5, 0.6) is 5.75 Å². The van der Waals surface area contributed by atoms with Crippen LogP contribution in [-0.4, -0.2) is 68.1 Å². The van der Waals surface area contributed by atoms with E-state index < -0.39 is 0 Å². The summed E-state index contributed by atoms with van der Waals surface area (Å²) in [5.74, 6) is 1.75. The highest BCUT2D eigenvalue weighted by Gasteiger charge is 2.22. The van der Waals surface area contributed by atoms with E-state index in [1.165, 1.54) is 19.3 Å². The van der Waals surface area contributed by atoms with E-state index in [4.69, 9.17) is 9.72 Å². The number of hydrogen-bond acceptors (Lipinski definition) is 6. The maximum atomic E-state index is 12.8. The summed E-state index contributed by atoms with van der Waals surface area (Å²) in [5.41, 5.74) is 3.95. The van der Waals surface area contributed by atoms with Crippen LogP contribution in [0, 0.1) is 6.92 Å². The molecule has 0 aliphatic carbocycles. The fraction of sp³-hybridized carbons (Fsp3) is 0.433. The molecule has 8 heteroatoms. The average Bonchev–Trinajstić information content (AvgIpc) is 2.96. The number of rotatable bonds is 7. The molecule has 0 unspecified atom stereocenters. The minimum absolute atomic E-state index is 0.0262. The number of anilines is 3. The number of amides is 2. The van der Waals surface area contributed by atoms with E-state index in [2.05, 4.69) is 28.1 Å². The molecule has 0 bridgehead atoms. The van der Waals surface area contributed by atoms with Crippen molar-refractivity contribution in [2.45, 2.75) is 39.0 Å². The monoisotopic (exact) mass is 515 g/mol. The van der Waals surface area contributed by atoms with E-state index >= 15 is 0 Å². The van der Waals surface area contributed by atoms with Gasteiger partial charge in [-0.1, -0.05) is 0 Å². The second kappa shape index (κ2) is 11.7. The molecule has 0 saturated carbocycles. The van der Waals surface area contributed by atoms with E-state index in [0.717, 1.165) is 65.6 Å². The third-order valence-electron chi connectivity index (χ3n) is 7.60. The molecule has 0 atom stereocenters. The van der Waals surface area contributed by atoms with E-state index in [9.17, 15) is 9.59 Å². The Morgan fingerprint density at radius 1 is 0.868 bits per heavy atom. The lowest BCUT2D eigenvalue weighted by molar-refractivity contribution is -0.133. The van der Waals surface area contributed by atoms with Crippen molar-refractivity contribution in [1.82, 2.24) is 9.88 Å². The highest BCUT2D eigenvalue weighted by atomic mass is 16.5. The van der Waals surface area contributed by atoms with Gasteiger partial charge in [-0.3, -0.25) is 9.59 Å². The summed E-state index contributed by atoms with van der Waals surface area (Å²) in [6, 6.07) is 16.0. The van der Waals surface area contributed by atoms with E-state index in [0.29, 0.717) is 13.1 Å². The first-order chi connectivity index (χ1) is 18.5. The summed E-state index contributed by atoms with van der Waals surface area (Å²) in [6.07, 6.45) is 4.10. The first kappa shape index (κ1) is 25.8. The van der Waals surface area contributed by atoms with Crippen LogP contribution in [0.2, 0.25) is 0 Å². The fourth-order valence-electron chi connectivity index (χ4n) is 5.35. The van der Waals surface area contributed by atoms with Crippen LogP contribution in [0.15, 0.2) is 48.5 Å². The summed E-state index contributed by atoms with van der Waals surface area (Å²) < 4.78 is 5.23. The molecule has 1 aromatic heterocycles. The zero-order chi connectivity index (χ0) is 26.5. The predicted octanol–water partition coefficient (Wildman–Crippen LogP) is 4.61. The Morgan fingerprint density at radius 3 is 2.32 bits per heavy atom. The van der Waals surface area contributed by atoms with Crippen molar-refractivity contribution in [2.24, 2.45) is 0 Å². The number of aryl methyl sites for hydroxylation is 1. The van der Waals surface area contributed by atoms with Gasteiger partial charge in [0.05, 0.1) is 12.6 Å². The molecule has 38 heavy (non-hydrogen) atoms. The smallest absolute Gasteiger partial charge is 0.224 e. The maximum Gasteiger partial charge on any atom is 0.224 e. The van der Waals surface area contributed by atoms with Crippen LogP contribution in [0.4, 0.5) is 17.2 Å². The van der Waals surface area contributed by atoms with Gasteiger partial charge in [-0.15, -0.1) is 0 Å².